The van der Waals surface area contributed by atoms with Crippen LogP contribution in [0.15, 0.2) is 61.7 Å². The molecule has 12 heteroatoms. The molecule has 5 rings (SSSR count). The molecule has 1 aromatic carbocycles. The molecule has 0 atom stereocenters. The SMILES string of the molecule is O=c1[nH]c(=O)c2cc(S(=O)(=O)N3CC(c4nc(-c5ccncc5)no4)C3)ccc2[nH]1. The Hall–Kier alpha value is -3.64. The van der Waals surface area contributed by atoms with Gasteiger partial charge in [0, 0.05) is 31.0 Å². The molecule has 3 aromatic heterocycles. The predicted octanol–water partition coefficient (Wildman–Crippen LogP) is 0.449. The van der Waals surface area contributed by atoms with E-state index >= 15 is 0 Å². The van der Waals surface area contributed by atoms with Crippen LogP contribution in [0.1, 0.15) is 11.8 Å². The number of nitrogens with zero attached hydrogens (tertiary/aromatic N) is 4. The number of rotatable bonds is 4. The summed E-state index contributed by atoms with van der Waals surface area (Å²) in [5, 5.41) is 4.03. The third-order valence-corrected chi connectivity index (χ3v) is 6.75. The van der Waals surface area contributed by atoms with Gasteiger partial charge < -0.3 is 9.51 Å². The normalized spacial score (nSPS) is 15.3. The van der Waals surface area contributed by atoms with E-state index in [0.717, 1.165) is 5.56 Å². The van der Waals surface area contributed by atoms with E-state index in [2.05, 4.69) is 25.1 Å². The molecule has 1 fully saturated rings. The van der Waals surface area contributed by atoms with Crippen LogP contribution in [-0.2, 0) is 10.0 Å². The van der Waals surface area contributed by atoms with E-state index in [1.54, 1.807) is 24.5 Å². The molecule has 0 spiro atoms. The smallest absolute Gasteiger partial charge is 0.326 e. The summed E-state index contributed by atoms with van der Waals surface area (Å²) < 4.78 is 32.4. The Balaban J connectivity index is 1.37. The van der Waals surface area contributed by atoms with Gasteiger partial charge >= 0.3 is 5.69 Å². The van der Waals surface area contributed by atoms with E-state index in [-0.39, 0.29) is 34.8 Å². The first kappa shape index (κ1) is 18.4. The van der Waals surface area contributed by atoms with Gasteiger partial charge in [-0.2, -0.15) is 9.29 Å². The fraction of sp³-hybridized carbons (Fsp3) is 0.167. The molecule has 1 aliphatic rings. The fourth-order valence-electron chi connectivity index (χ4n) is 3.26. The third kappa shape index (κ3) is 3.02. The summed E-state index contributed by atoms with van der Waals surface area (Å²) in [7, 11) is -3.82. The van der Waals surface area contributed by atoms with E-state index in [0.29, 0.717) is 11.7 Å². The van der Waals surface area contributed by atoms with Gasteiger partial charge in [-0.1, -0.05) is 5.16 Å². The van der Waals surface area contributed by atoms with Gasteiger partial charge in [0.05, 0.1) is 21.7 Å². The van der Waals surface area contributed by atoms with Gasteiger partial charge in [-0.25, -0.2) is 13.2 Å². The predicted molar refractivity (Wildman–Crippen MR) is 104 cm³/mol. The lowest BCUT2D eigenvalue weighted by molar-refractivity contribution is 0.217. The second-order valence-electron chi connectivity index (χ2n) is 6.83. The van der Waals surface area contributed by atoms with Crippen LogP contribution in [0.25, 0.3) is 22.3 Å². The first-order valence-electron chi connectivity index (χ1n) is 8.92. The maximum absolute atomic E-state index is 12.9. The maximum atomic E-state index is 12.9. The number of H-pyrrole nitrogens is 2. The van der Waals surface area contributed by atoms with E-state index in [4.69, 9.17) is 4.52 Å². The molecule has 11 nitrogen and oxygen atoms in total. The third-order valence-electron chi connectivity index (χ3n) is 4.93. The highest BCUT2D eigenvalue weighted by Gasteiger charge is 2.40. The van der Waals surface area contributed by atoms with Gasteiger partial charge in [0.25, 0.3) is 5.56 Å². The van der Waals surface area contributed by atoms with E-state index in [9.17, 15) is 18.0 Å². The second-order valence-corrected chi connectivity index (χ2v) is 8.76. The number of hydrogen-bond acceptors (Lipinski definition) is 8. The molecule has 0 radical (unpaired) electrons. The van der Waals surface area contributed by atoms with E-state index in [1.165, 1.54) is 22.5 Å². The molecule has 0 amide bonds. The highest BCUT2D eigenvalue weighted by atomic mass is 32.2. The van der Waals surface area contributed by atoms with Crippen LogP contribution in [0.2, 0.25) is 0 Å². The van der Waals surface area contributed by atoms with Crippen molar-refractivity contribution in [2.45, 2.75) is 10.8 Å². The number of aromatic amines is 2. The number of pyridine rings is 1. The average molecular weight is 426 g/mol. The van der Waals surface area contributed by atoms with Crippen molar-refractivity contribution in [2.75, 3.05) is 13.1 Å². The minimum atomic E-state index is -3.82. The summed E-state index contributed by atoms with van der Waals surface area (Å²) >= 11 is 0. The largest absolute Gasteiger partial charge is 0.339 e. The van der Waals surface area contributed by atoms with Crippen molar-refractivity contribution < 1.29 is 12.9 Å². The van der Waals surface area contributed by atoms with Crippen molar-refractivity contribution in [3.8, 4) is 11.4 Å². The van der Waals surface area contributed by atoms with Crippen LogP contribution in [0.3, 0.4) is 0 Å². The minimum Gasteiger partial charge on any atom is -0.339 e. The number of hydrogen-bond donors (Lipinski definition) is 2. The molecule has 4 aromatic rings. The summed E-state index contributed by atoms with van der Waals surface area (Å²) in [4.78, 5) is 36.1. The Morgan fingerprint density at radius 3 is 2.60 bits per heavy atom. The highest BCUT2D eigenvalue weighted by molar-refractivity contribution is 7.89. The van der Waals surface area contributed by atoms with Gasteiger partial charge in [-0.05, 0) is 30.3 Å². The molecule has 30 heavy (non-hydrogen) atoms. The number of benzene rings is 1. The van der Waals surface area contributed by atoms with Crippen molar-refractivity contribution >= 4 is 20.9 Å². The van der Waals surface area contributed by atoms with Crippen molar-refractivity contribution in [2.24, 2.45) is 0 Å². The van der Waals surface area contributed by atoms with Crippen LogP contribution in [0.5, 0.6) is 0 Å². The number of nitrogens with one attached hydrogen (secondary N) is 2. The summed E-state index contributed by atoms with van der Waals surface area (Å²) in [6.07, 6.45) is 3.24. The summed E-state index contributed by atoms with van der Waals surface area (Å²) in [5.41, 5.74) is -0.289. The van der Waals surface area contributed by atoms with Crippen molar-refractivity contribution in [1.29, 1.82) is 0 Å². The van der Waals surface area contributed by atoms with Crippen LogP contribution in [-0.4, -0.2) is 50.9 Å². The van der Waals surface area contributed by atoms with Crippen LogP contribution in [0.4, 0.5) is 0 Å². The second kappa shape index (κ2) is 6.71. The van der Waals surface area contributed by atoms with Crippen molar-refractivity contribution in [3.05, 3.63) is 69.5 Å². The number of fused-ring (bicyclic) bond motifs is 1. The Morgan fingerprint density at radius 1 is 1.07 bits per heavy atom. The molecule has 0 saturated carbocycles. The lowest BCUT2D eigenvalue weighted by Crippen LogP contribution is -2.48. The Morgan fingerprint density at radius 2 is 1.83 bits per heavy atom. The maximum Gasteiger partial charge on any atom is 0.326 e. The molecule has 152 valence electrons. The van der Waals surface area contributed by atoms with Crippen molar-refractivity contribution in [1.82, 2.24) is 29.4 Å². The molecule has 0 aliphatic carbocycles. The summed E-state index contributed by atoms with van der Waals surface area (Å²) in [6, 6.07) is 7.51. The van der Waals surface area contributed by atoms with Crippen LogP contribution < -0.4 is 11.2 Å². The van der Waals surface area contributed by atoms with Crippen LogP contribution in [0, 0.1) is 0 Å². The molecule has 1 aliphatic heterocycles. The monoisotopic (exact) mass is 426 g/mol. The number of aromatic nitrogens is 5. The highest BCUT2D eigenvalue weighted by Crippen LogP contribution is 2.32. The standard InChI is InChI=1S/C18H14N6O5S/c25-16-13-7-12(1-2-14(13)20-18(26)22-16)30(27,28)24-8-11(9-24)17-21-15(23-29-17)10-3-5-19-6-4-10/h1-7,11H,8-9H2,(H2,20,22,25,26). The molecule has 0 unspecified atom stereocenters. The zero-order chi connectivity index (χ0) is 20.9. The summed E-state index contributed by atoms with van der Waals surface area (Å²) in [6.45, 7) is 0.362. The fourth-order valence-corrected chi connectivity index (χ4v) is 4.82. The van der Waals surface area contributed by atoms with E-state index < -0.39 is 21.3 Å². The zero-order valence-corrected chi connectivity index (χ0v) is 16.1. The van der Waals surface area contributed by atoms with Gasteiger partial charge in [0.1, 0.15) is 0 Å². The lowest BCUT2D eigenvalue weighted by atomic mass is 10.0. The summed E-state index contributed by atoms with van der Waals surface area (Å²) in [5.74, 6) is 0.556. The average Bonchev–Trinajstić information content (AvgIpc) is 3.16. The zero-order valence-electron chi connectivity index (χ0n) is 15.3. The van der Waals surface area contributed by atoms with E-state index in [1.807, 2.05) is 0 Å². The molecular formula is C18H14N6O5S. The number of sulfonamides is 1. The van der Waals surface area contributed by atoms with Gasteiger partial charge in [-0.3, -0.25) is 14.8 Å². The first-order valence-corrected chi connectivity index (χ1v) is 10.4. The van der Waals surface area contributed by atoms with Gasteiger partial charge in [-0.15, -0.1) is 0 Å². The molecule has 1 saturated heterocycles. The minimum absolute atomic E-state index is 0.0333. The van der Waals surface area contributed by atoms with Crippen LogP contribution >= 0.6 is 0 Å². The quantitative estimate of drug-likeness (QED) is 0.476. The Labute approximate surface area is 168 Å². The molecule has 2 N–H and O–H groups in total. The lowest BCUT2D eigenvalue weighted by Gasteiger charge is -2.35. The molecular weight excluding hydrogens is 412 g/mol. The van der Waals surface area contributed by atoms with Gasteiger partial charge in [0.2, 0.25) is 21.7 Å². The first-order chi connectivity index (χ1) is 14.4. The van der Waals surface area contributed by atoms with Gasteiger partial charge in [0.15, 0.2) is 0 Å². The topological polar surface area (TPSA) is 155 Å². The Bertz CT molecular complexity index is 1470. The Kier molecular flexibility index (Phi) is 4.11. The molecule has 0 bridgehead atoms. The molecule has 4 heterocycles. The van der Waals surface area contributed by atoms with Crippen molar-refractivity contribution in [3.63, 3.8) is 0 Å².